The standard InChI is InChI=1S/C14H11BrCl2N2O/c1-7-5-9(6-8(2)12(7)15)18-14(20)13-10(16)3-4-11(17)19-13/h3-6H,1-2H3,(H,18,20). The fourth-order valence-corrected chi connectivity index (χ4v) is 2.35. The van der Waals surface area contributed by atoms with Gasteiger partial charge in [-0.2, -0.15) is 0 Å². The molecule has 1 aromatic carbocycles. The van der Waals surface area contributed by atoms with Gasteiger partial charge in [-0.25, -0.2) is 4.98 Å². The van der Waals surface area contributed by atoms with Crippen molar-refractivity contribution in [1.82, 2.24) is 4.98 Å². The van der Waals surface area contributed by atoms with Gasteiger partial charge in [-0.3, -0.25) is 4.79 Å². The molecule has 0 radical (unpaired) electrons. The number of aromatic nitrogens is 1. The number of anilines is 1. The summed E-state index contributed by atoms with van der Waals surface area (Å²) in [7, 11) is 0. The Bertz CT molecular complexity index is 666. The van der Waals surface area contributed by atoms with E-state index in [9.17, 15) is 4.79 Å². The Kier molecular flexibility index (Phi) is 4.68. The largest absolute Gasteiger partial charge is 0.321 e. The van der Waals surface area contributed by atoms with Crippen molar-refractivity contribution < 1.29 is 4.79 Å². The lowest BCUT2D eigenvalue weighted by atomic mass is 10.1. The second kappa shape index (κ2) is 6.12. The van der Waals surface area contributed by atoms with Crippen molar-refractivity contribution >= 4 is 50.7 Å². The molecule has 0 saturated carbocycles. The van der Waals surface area contributed by atoms with E-state index in [1.54, 1.807) is 6.07 Å². The molecule has 1 heterocycles. The topological polar surface area (TPSA) is 42.0 Å². The molecule has 0 aliphatic carbocycles. The summed E-state index contributed by atoms with van der Waals surface area (Å²) in [6.07, 6.45) is 0. The molecule has 0 aliphatic rings. The van der Waals surface area contributed by atoms with Crippen LogP contribution in [0.25, 0.3) is 0 Å². The zero-order valence-electron chi connectivity index (χ0n) is 10.8. The van der Waals surface area contributed by atoms with Crippen LogP contribution in [0.1, 0.15) is 21.6 Å². The van der Waals surface area contributed by atoms with Gasteiger partial charge in [-0.1, -0.05) is 39.1 Å². The number of hydrogen-bond acceptors (Lipinski definition) is 2. The molecule has 2 rings (SSSR count). The number of carbonyl (C=O) groups excluding carboxylic acids is 1. The van der Waals surface area contributed by atoms with Crippen LogP contribution in [-0.4, -0.2) is 10.9 Å². The summed E-state index contributed by atoms with van der Waals surface area (Å²) in [4.78, 5) is 16.1. The summed E-state index contributed by atoms with van der Waals surface area (Å²) in [5.74, 6) is -0.390. The van der Waals surface area contributed by atoms with Crippen molar-refractivity contribution in [1.29, 1.82) is 0 Å². The first-order valence-electron chi connectivity index (χ1n) is 5.78. The Morgan fingerprint density at radius 1 is 1.20 bits per heavy atom. The SMILES string of the molecule is Cc1cc(NC(=O)c2nc(Cl)ccc2Cl)cc(C)c1Br. The third kappa shape index (κ3) is 3.32. The van der Waals surface area contributed by atoms with Crippen LogP contribution in [0.15, 0.2) is 28.7 Å². The number of amides is 1. The Balaban J connectivity index is 2.30. The maximum absolute atomic E-state index is 12.2. The molecule has 0 aliphatic heterocycles. The van der Waals surface area contributed by atoms with Crippen LogP contribution >= 0.6 is 39.1 Å². The van der Waals surface area contributed by atoms with E-state index >= 15 is 0 Å². The zero-order chi connectivity index (χ0) is 14.9. The fraction of sp³-hybridized carbons (Fsp3) is 0.143. The van der Waals surface area contributed by atoms with Gasteiger partial charge in [0.25, 0.3) is 5.91 Å². The van der Waals surface area contributed by atoms with Crippen LogP contribution in [0.5, 0.6) is 0 Å². The van der Waals surface area contributed by atoms with Gasteiger partial charge in [0.15, 0.2) is 0 Å². The van der Waals surface area contributed by atoms with Gasteiger partial charge in [0, 0.05) is 10.2 Å². The Hall–Kier alpha value is -1.10. The van der Waals surface area contributed by atoms with Gasteiger partial charge >= 0.3 is 0 Å². The van der Waals surface area contributed by atoms with Gasteiger partial charge in [-0.05, 0) is 49.2 Å². The average Bonchev–Trinajstić information content (AvgIpc) is 2.38. The third-order valence-corrected chi connectivity index (χ3v) is 4.49. The monoisotopic (exact) mass is 372 g/mol. The second-order valence-corrected chi connectivity index (χ2v) is 5.93. The lowest BCUT2D eigenvalue weighted by molar-refractivity contribution is 0.102. The number of halogens is 3. The van der Waals surface area contributed by atoms with E-state index in [-0.39, 0.29) is 15.9 Å². The van der Waals surface area contributed by atoms with E-state index in [1.807, 2.05) is 26.0 Å². The Labute approximate surface area is 135 Å². The van der Waals surface area contributed by atoms with Crippen molar-refractivity contribution in [3.63, 3.8) is 0 Å². The first-order chi connectivity index (χ1) is 9.38. The van der Waals surface area contributed by atoms with Crippen LogP contribution in [0, 0.1) is 13.8 Å². The lowest BCUT2D eigenvalue weighted by Gasteiger charge is -2.10. The molecule has 0 saturated heterocycles. The Morgan fingerprint density at radius 3 is 2.40 bits per heavy atom. The summed E-state index contributed by atoms with van der Waals surface area (Å²) >= 11 is 15.2. The molecule has 0 spiro atoms. The van der Waals surface area contributed by atoms with Gasteiger partial charge in [0.2, 0.25) is 0 Å². The molecule has 0 fully saturated rings. The van der Waals surface area contributed by atoms with Crippen molar-refractivity contribution in [2.75, 3.05) is 5.32 Å². The molecule has 0 unspecified atom stereocenters. The maximum atomic E-state index is 12.2. The summed E-state index contributed by atoms with van der Waals surface area (Å²) in [6.45, 7) is 3.91. The molecule has 1 aromatic heterocycles. The van der Waals surface area contributed by atoms with Crippen molar-refractivity contribution in [3.8, 4) is 0 Å². The molecular weight excluding hydrogens is 363 g/mol. The van der Waals surface area contributed by atoms with E-state index in [0.717, 1.165) is 15.6 Å². The summed E-state index contributed by atoms with van der Waals surface area (Å²) < 4.78 is 1.02. The molecule has 3 nitrogen and oxygen atoms in total. The number of carbonyl (C=O) groups is 1. The summed E-state index contributed by atoms with van der Waals surface area (Å²) in [6, 6.07) is 6.82. The van der Waals surface area contributed by atoms with Crippen LogP contribution in [-0.2, 0) is 0 Å². The third-order valence-electron chi connectivity index (χ3n) is 2.72. The van der Waals surface area contributed by atoms with Gasteiger partial charge in [0.05, 0.1) is 5.02 Å². The smallest absolute Gasteiger partial charge is 0.275 e. The number of hydrogen-bond donors (Lipinski definition) is 1. The zero-order valence-corrected chi connectivity index (χ0v) is 13.9. The molecule has 20 heavy (non-hydrogen) atoms. The van der Waals surface area contributed by atoms with Crippen molar-refractivity contribution in [2.24, 2.45) is 0 Å². The molecule has 6 heteroatoms. The second-order valence-electron chi connectivity index (χ2n) is 4.34. The van der Waals surface area contributed by atoms with Gasteiger partial charge in [0.1, 0.15) is 10.8 Å². The minimum absolute atomic E-state index is 0.109. The number of rotatable bonds is 2. The van der Waals surface area contributed by atoms with Gasteiger partial charge in [-0.15, -0.1) is 0 Å². The highest BCUT2D eigenvalue weighted by molar-refractivity contribution is 9.10. The Morgan fingerprint density at radius 2 is 1.80 bits per heavy atom. The predicted molar refractivity (Wildman–Crippen MR) is 85.8 cm³/mol. The van der Waals surface area contributed by atoms with Gasteiger partial charge < -0.3 is 5.32 Å². The molecule has 1 N–H and O–H groups in total. The lowest BCUT2D eigenvalue weighted by Crippen LogP contribution is -2.14. The number of nitrogens with zero attached hydrogens (tertiary/aromatic N) is 1. The molecule has 104 valence electrons. The molecule has 0 bridgehead atoms. The first kappa shape index (κ1) is 15.3. The van der Waals surface area contributed by atoms with Crippen LogP contribution in [0.2, 0.25) is 10.2 Å². The number of pyridine rings is 1. The summed E-state index contributed by atoms with van der Waals surface area (Å²) in [5, 5.41) is 3.26. The molecule has 1 amide bonds. The number of benzene rings is 1. The predicted octanol–water partition coefficient (Wildman–Crippen LogP) is 5.02. The van der Waals surface area contributed by atoms with E-state index in [2.05, 4.69) is 26.2 Å². The minimum atomic E-state index is -0.390. The minimum Gasteiger partial charge on any atom is -0.321 e. The molecule has 0 atom stereocenters. The van der Waals surface area contributed by atoms with Crippen molar-refractivity contribution in [3.05, 3.63) is 55.7 Å². The van der Waals surface area contributed by atoms with Crippen LogP contribution in [0.4, 0.5) is 5.69 Å². The van der Waals surface area contributed by atoms with Crippen molar-refractivity contribution in [2.45, 2.75) is 13.8 Å². The summed E-state index contributed by atoms with van der Waals surface area (Å²) in [5.41, 5.74) is 2.86. The fourth-order valence-electron chi connectivity index (χ4n) is 1.79. The maximum Gasteiger partial charge on any atom is 0.275 e. The highest BCUT2D eigenvalue weighted by atomic mass is 79.9. The normalized spacial score (nSPS) is 10.4. The average molecular weight is 374 g/mol. The van der Waals surface area contributed by atoms with E-state index in [4.69, 9.17) is 23.2 Å². The quantitative estimate of drug-likeness (QED) is 0.751. The number of aryl methyl sites for hydroxylation is 2. The highest BCUT2D eigenvalue weighted by Gasteiger charge is 2.14. The first-order valence-corrected chi connectivity index (χ1v) is 7.33. The molecule has 2 aromatic rings. The highest BCUT2D eigenvalue weighted by Crippen LogP contribution is 2.26. The van der Waals surface area contributed by atoms with E-state index in [1.165, 1.54) is 6.07 Å². The van der Waals surface area contributed by atoms with E-state index < -0.39 is 5.91 Å². The van der Waals surface area contributed by atoms with Crippen LogP contribution < -0.4 is 5.32 Å². The van der Waals surface area contributed by atoms with E-state index in [0.29, 0.717) is 5.69 Å². The molecular formula is C14H11BrCl2N2O. The number of nitrogens with one attached hydrogen (secondary N) is 1. The van der Waals surface area contributed by atoms with Crippen LogP contribution in [0.3, 0.4) is 0 Å².